The largest absolute Gasteiger partial charge is 0.483 e. The predicted molar refractivity (Wildman–Crippen MR) is 169 cm³/mol. The molecule has 10 nitrogen and oxygen atoms in total. The van der Waals surface area contributed by atoms with Gasteiger partial charge in [0.15, 0.2) is 6.61 Å². The van der Waals surface area contributed by atoms with E-state index in [4.69, 9.17) is 21.4 Å². The lowest BCUT2D eigenvalue weighted by Crippen LogP contribution is -2.42. The number of likely N-dealkylation sites (tertiary alicyclic amines) is 1. The highest BCUT2D eigenvalue weighted by Gasteiger charge is 2.69. The Morgan fingerprint density at radius 3 is 2.54 bits per heavy atom. The Hall–Kier alpha value is -3.82. The number of aromatic amines is 1. The predicted octanol–water partition coefficient (Wildman–Crippen LogP) is 5.46. The van der Waals surface area contributed by atoms with E-state index in [1.165, 1.54) is 28.8 Å². The van der Waals surface area contributed by atoms with Crippen molar-refractivity contribution in [2.45, 2.75) is 41.6 Å². The fourth-order valence-corrected chi connectivity index (χ4v) is 11.2. The number of carbonyl (C=O) groups excluding carboxylic acids is 3. The number of thioether (sulfide) groups is 1. The van der Waals surface area contributed by atoms with Gasteiger partial charge in [0.1, 0.15) is 5.75 Å². The van der Waals surface area contributed by atoms with Gasteiger partial charge in [-0.2, -0.15) is 13.2 Å². The summed E-state index contributed by atoms with van der Waals surface area (Å²) in [5.74, 6) is -4.43. The first-order chi connectivity index (χ1) is 22.8. The Balaban J connectivity index is 1.19. The second-order valence-corrected chi connectivity index (χ2v) is 15.0. The van der Waals surface area contributed by atoms with Crippen LogP contribution in [0.5, 0.6) is 5.75 Å². The van der Waals surface area contributed by atoms with Crippen LogP contribution < -0.4 is 14.9 Å². The maximum absolute atomic E-state index is 13.7. The van der Waals surface area contributed by atoms with Crippen LogP contribution in [0, 0.1) is 29.6 Å². The van der Waals surface area contributed by atoms with Crippen molar-refractivity contribution in [2.75, 3.05) is 18.5 Å². The standard InChI is InChI=1S/C32H27ClF3N3O7S2/c33-13-7-8-19(46-12-20(40)37-18-5-2-1-4-17(18)32(34,35)36)14(10-13)22-23-15-11-16(26(23)47-28-27(22)48-31(45)38-28)25-24(15)29(43)39(30(25)44)9-3-6-21(41)42/h1-2,4-5,7-8,10,15-16,22-26H,3,6,9,11-12H2,(H,37,40)(H,38,45)(H,41,42)/t15?,16?,22-,23?,24?,25?,26?/m1/s1. The number of H-pyrrole nitrogens is 1. The number of hydrogen-bond acceptors (Lipinski definition) is 8. The third kappa shape index (κ3) is 5.58. The zero-order valence-corrected chi connectivity index (χ0v) is 27.2. The summed E-state index contributed by atoms with van der Waals surface area (Å²) < 4.78 is 46.4. The number of carboxylic acids is 1. The number of aromatic nitrogens is 1. The molecule has 7 atom stereocenters. The maximum atomic E-state index is 13.7. The van der Waals surface area contributed by atoms with Crippen molar-refractivity contribution >= 4 is 64.1 Å². The molecule has 3 aromatic rings. The average Bonchev–Trinajstić information content (AvgIpc) is 3.76. The summed E-state index contributed by atoms with van der Waals surface area (Å²) in [5.41, 5.74) is -0.855. The van der Waals surface area contributed by atoms with Crippen molar-refractivity contribution in [3.05, 3.63) is 73.2 Å². The van der Waals surface area contributed by atoms with E-state index in [-0.39, 0.29) is 64.8 Å². The van der Waals surface area contributed by atoms with Crippen LogP contribution >= 0.6 is 34.7 Å². The number of rotatable bonds is 9. The van der Waals surface area contributed by atoms with E-state index in [1.54, 1.807) is 18.2 Å². The highest BCUT2D eigenvalue weighted by atomic mass is 35.5. The number of carboxylic acid groups (broad SMARTS) is 1. The average molecular weight is 722 g/mol. The minimum Gasteiger partial charge on any atom is -0.483 e. The summed E-state index contributed by atoms with van der Waals surface area (Å²) in [5, 5.41) is 12.2. The van der Waals surface area contributed by atoms with E-state index in [2.05, 4.69) is 10.3 Å². The lowest BCUT2D eigenvalue weighted by Gasteiger charge is -2.43. The number of aliphatic carboxylic acids is 1. The smallest absolute Gasteiger partial charge is 0.418 e. The second kappa shape index (κ2) is 12.3. The Labute approximate surface area is 284 Å². The van der Waals surface area contributed by atoms with Crippen LogP contribution in [0.15, 0.2) is 52.3 Å². The quantitative estimate of drug-likeness (QED) is 0.247. The fraction of sp³-hybridized carbons (Fsp3) is 0.406. The van der Waals surface area contributed by atoms with E-state index in [0.29, 0.717) is 26.9 Å². The molecule has 4 aliphatic rings. The van der Waals surface area contributed by atoms with Gasteiger partial charge < -0.3 is 20.1 Å². The minimum atomic E-state index is -4.68. The molecular weight excluding hydrogens is 695 g/mol. The molecule has 3 fully saturated rings. The number of carbonyl (C=O) groups is 4. The Morgan fingerprint density at radius 2 is 1.81 bits per heavy atom. The number of nitrogens with one attached hydrogen (secondary N) is 2. The highest BCUT2D eigenvalue weighted by Crippen LogP contribution is 2.69. The van der Waals surface area contributed by atoms with Crippen LogP contribution in [0.1, 0.15) is 41.2 Å². The molecule has 0 spiro atoms. The van der Waals surface area contributed by atoms with Crippen LogP contribution in [-0.2, 0) is 25.4 Å². The number of para-hydroxylation sites is 1. The van der Waals surface area contributed by atoms with Gasteiger partial charge in [-0.15, -0.1) is 11.8 Å². The van der Waals surface area contributed by atoms with Crippen LogP contribution in [-0.4, -0.2) is 57.1 Å². The second-order valence-electron chi connectivity index (χ2n) is 12.3. The summed E-state index contributed by atoms with van der Waals surface area (Å²) in [6.45, 7) is -0.591. The number of imide groups is 1. The number of alkyl halides is 3. The molecule has 1 aromatic heterocycles. The molecule has 1 saturated heterocycles. The summed E-state index contributed by atoms with van der Waals surface area (Å²) in [7, 11) is 0. The zero-order chi connectivity index (χ0) is 34.1. The van der Waals surface area contributed by atoms with Gasteiger partial charge in [0.05, 0.1) is 28.1 Å². The molecule has 2 aliphatic carbocycles. The molecule has 2 bridgehead atoms. The number of anilines is 1. The molecule has 2 saturated carbocycles. The molecule has 2 aromatic carbocycles. The number of halogens is 4. The molecule has 3 N–H and O–H groups in total. The van der Waals surface area contributed by atoms with E-state index >= 15 is 0 Å². The third-order valence-corrected chi connectivity index (χ3v) is 12.6. The van der Waals surface area contributed by atoms with E-state index in [1.807, 2.05) is 0 Å². The maximum Gasteiger partial charge on any atom is 0.418 e. The molecule has 7 rings (SSSR count). The van der Waals surface area contributed by atoms with Crippen molar-refractivity contribution in [3.8, 4) is 5.75 Å². The first kappa shape index (κ1) is 32.7. The number of benzene rings is 2. The molecule has 3 amide bonds. The van der Waals surface area contributed by atoms with Gasteiger partial charge in [0.25, 0.3) is 5.91 Å². The SMILES string of the molecule is O=C(O)CCCN1C(=O)C2C3CC(C2C1=O)C1C3Sc2[nH]c(=O)sc2[C@@H]1c1cc(Cl)ccc1OCC(=O)Nc1ccccc1C(F)(F)F. The van der Waals surface area contributed by atoms with Gasteiger partial charge in [0, 0.05) is 39.6 Å². The molecular formula is C32H27ClF3N3O7S2. The first-order valence-electron chi connectivity index (χ1n) is 15.2. The van der Waals surface area contributed by atoms with Crippen molar-refractivity contribution < 1.29 is 42.2 Å². The fourth-order valence-electron chi connectivity index (χ4n) is 8.10. The van der Waals surface area contributed by atoms with Crippen LogP contribution in [0.4, 0.5) is 18.9 Å². The van der Waals surface area contributed by atoms with Crippen molar-refractivity contribution in [2.24, 2.45) is 29.6 Å². The summed E-state index contributed by atoms with van der Waals surface area (Å²) in [4.78, 5) is 68.4. The first-order valence-corrected chi connectivity index (χ1v) is 17.3. The number of thiazole rings is 1. The normalized spacial score (nSPS) is 27.1. The molecule has 3 heterocycles. The van der Waals surface area contributed by atoms with Gasteiger partial charge in [0.2, 0.25) is 11.8 Å². The number of nitrogens with zero attached hydrogens (tertiary/aromatic N) is 1. The van der Waals surface area contributed by atoms with Gasteiger partial charge in [-0.3, -0.25) is 28.9 Å². The minimum absolute atomic E-state index is 0.0325. The Bertz CT molecular complexity index is 1900. The Morgan fingerprint density at radius 1 is 1.08 bits per heavy atom. The highest BCUT2D eigenvalue weighted by molar-refractivity contribution is 8.00. The van der Waals surface area contributed by atoms with Crippen molar-refractivity contribution in [1.29, 1.82) is 0 Å². The Kier molecular flexibility index (Phi) is 8.35. The van der Waals surface area contributed by atoms with Crippen LogP contribution in [0.2, 0.25) is 5.02 Å². The number of amides is 3. The summed E-state index contributed by atoms with van der Waals surface area (Å²) in [6, 6.07) is 9.39. The lowest BCUT2D eigenvalue weighted by molar-refractivity contribution is -0.143. The van der Waals surface area contributed by atoms with Gasteiger partial charge >= 0.3 is 17.0 Å². The van der Waals surface area contributed by atoms with Crippen LogP contribution in [0.3, 0.4) is 0 Å². The summed E-state index contributed by atoms with van der Waals surface area (Å²) in [6.07, 6.45) is -4.07. The molecule has 0 radical (unpaired) electrons. The van der Waals surface area contributed by atoms with E-state index in [9.17, 15) is 37.1 Å². The molecule has 252 valence electrons. The zero-order valence-electron chi connectivity index (χ0n) is 24.8. The lowest BCUT2D eigenvalue weighted by atomic mass is 9.68. The van der Waals surface area contributed by atoms with Gasteiger partial charge in [-0.05, 0) is 60.9 Å². The number of fused-ring (bicyclic) bond motifs is 9. The number of hydrogen-bond donors (Lipinski definition) is 3. The number of ether oxygens (including phenoxy) is 1. The van der Waals surface area contributed by atoms with Crippen molar-refractivity contribution in [1.82, 2.24) is 9.88 Å². The third-order valence-electron chi connectivity index (χ3n) is 9.76. The van der Waals surface area contributed by atoms with E-state index < -0.39 is 53.7 Å². The van der Waals surface area contributed by atoms with E-state index in [0.717, 1.165) is 23.5 Å². The molecule has 2 aliphatic heterocycles. The monoisotopic (exact) mass is 721 g/mol. The molecule has 6 unspecified atom stereocenters. The van der Waals surface area contributed by atoms with Crippen LogP contribution in [0.25, 0.3) is 0 Å². The van der Waals surface area contributed by atoms with Gasteiger partial charge in [-0.1, -0.05) is 35.1 Å². The van der Waals surface area contributed by atoms with Gasteiger partial charge in [-0.25, -0.2) is 0 Å². The summed E-state index contributed by atoms with van der Waals surface area (Å²) >= 11 is 8.99. The van der Waals surface area contributed by atoms with Crippen molar-refractivity contribution in [3.63, 3.8) is 0 Å². The molecule has 16 heteroatoms. The molecule has 48 heavy (non-hydrogen) atoms. The topological polar surface area (TPSA) is 146 Å².